The number of aryl methyl sites for hydroxylation is 1. The van der Waals surface area contributed by atoms with E-state index in [2.05, 4.69) is 25.4 Å². The van der Waals surface area contributed by atoms with Crippen LogP contribution in [0.25, 0.3) is 21.5 Å². The average molecular weight is 454 g/mol. The maximum Gasteiger partial charge on any atom is 0.298 e. The summed E-state index contributed by atoms with van der Waals surface area (Å²) < 4.78 is 21.2. The highest BCUT2D eigenvalue weighted by atomic mass is 32.1. The van der Waals surface area contributed by atoms with Gasteiger partial charge in [0.15, 0.2) is 5.82 Å². The molecule has 1 aromatic carbocycles. The Hall–Kier alpha value is -2.65. The minimum atomic E-state index is -0.918. The quantitative estimate of drug-likeness (QED) is 0.605. The predicted octanol–water partition coefficient (Wildman–Crippen LogP) is 3.58. The summed E-state index contributed by atoms with van der Waals surface area (Å²) in [6.45, 7) is 3.52. The van der Waals surface area contributed by atoms with Gasteiger partial charge in [0.05, 0.1) is 27.0 Å². The van der Waals surface area contributed by atoms with E-state index in [0.717, 1.165) is 58.8 Å². The van der Waals surface area contributed by atoms with Gasteiger partial charge in [-0.25, -0.2) is 9.37 Å². The number of ether oxygens (including phenoxy) is 1. The van der Waals surface area contributed by atoms with Crippen molar-refractivity contribution >= 4 is 33.8 Å². The molecular formula is C23H24FN5O2S. The number of piperidine rings is 1. The molecule has 32 heavy (non-hydrogen) atoms. The molecule has 6 rings (SSSR count). The molecule has 0 radical (unpaired) electrons. The van der Waals surface area contributed by atoms with Crippen molar-refractivity contribution in [1.82, 2.24) is 20.5 Å². The SMILES string of the molecule is Cc1nc2cc(OC=O)c(-c3cc4c(nn3)N([C@H]3CC5(CCC5)NC[C@H]3F)CC4)cc2s1. The normalized spacial score (nSPS) is 23.9. The van der Waals surface area contributed by atoms with E-state index in [0.29, 0.717) is 30.0 Å². The van der Waals surface area contributed by atoms with E-state index in [4.69, 9.17) is 4.74 Å². The summed E-state index contributed by atoms with van der Waals surface area (Å²) in [5, 5.41) is 13.4. The highest BCUT2D eigenvalue weighted by molar-refractivity contribution is 7.18. The van der Waals surface area contributed by atoms with Gasteiger partial charge in [0.25, 0.3) is 6.47 Å². The zero-order valence-electron chi connectivity index (χ0n) is 17.8. The first-order valence-electron chi connectivity index (χ1n) is 11.1. The lowest BCUT2D eigenvalue weighted by atomic mass is 9.70. The van der Waals surface area contributed by atoms with Crippen LogP contribution in [0.1, 0.15) is 36.3 Å². The van der Waals surface area contributed by atoms with Gasteiger partial charge < -0.3 is 15.0 Å². The van der Waals surface area contributed by atoms with Crippen molar-refractivity contribution < 1.29 is 13.9 Å². The second-order valence-electron chi connectivity index (χ2n) is 9.09. The van der Waals surface area contributed by atoms with Crippen LogP contribution in [0.15, 0.2) is 18.2 Å². The van der Waals surface area contributed by atoms with Crippen molar-refractivity contribution in [3.8, 4) is 17.0 Å². The summed E-state index contributed by atoms with van der Waals surface area (Å²) in [7, 11) is 0. The fourth-order valence-corrected chi connectivity index (χ4v) is 6.26. The van der Waals surface area contributed by atoms with Crippen LogP contribution in [-0.4, -0.2) is 52.5 Å². The Morgan fingerprint density at radius 1 is 1.31 bits per heavy atom. The molecule has 2 aromatic heterocycles. The highest BCUT2D eigenvalue weighted by Crippen LogP contribution is 2.43. The van der Waals surface area contributed by atoms with Crippen LogP contribution >= 0.6 is 11.3 Å². The van der Waals surface area contributed by atoms with Gasteiger partial charge in [0, 0.05) is 35.8 Å². The molecule has 2 fully saturated rings. The maximum absolute atomic E-state index is 14.9. The number of aromatic nitrogens is 3. The Morgan fingerprint density at radius 2 is 2.19 bits per heavy atom. The second kappa shape index (κ2) is 7.45. The number of carbonyl (C=O) groups is 1. The van der Waals surface area contributed by atoms with Gasteiger partial charge in [0.1, 0.15) is 11.9 Å². The molecule has 3 aliphatic rings. The smallest absolute Gasteiger partial charge is 0.298 e. The number of hydrogen-bond donors (Lipinski definition) is 1. The lowest BCUT2D eigenvalue weighted by Crippen LogP contribution is -2.64. The summed E-state index contributed by atoms with van der Waals surface area (Å²) in [5.74, 6) is 1.20. The first-order valence-corrected chi connectivity index (χ1v) is 11.9. The number of alkyl halides is 1. The van der Waals surface area contributed by atoms with Crippen molar-refractivity contribution in [3.05, 3.63) is 28.8 Å². The number of hydrogen-bond acceptors (Lipinski definition) is 8. The fraction of sp³-hybridized carbons (Fsp3) is 0.478. The molecule has 1 aliphatic carbocycles. The van der Waals surface area contributed by atoms with E-state index in [1.807, 2.05) is 19.1 Å². The minimum Gasteiger partial charge on any atom is -0.428 e. The number of fused-ring (bicyclic) bond motifs is 2. The number of rotatable bonds is 4. The van der Waals surface area contributed by atoms with Gasteiger partial charge in [-0.1, -0.05) is 0 Å². The molecule has 1 saturated heterocycles. The van der Waals surface area contributed by atoms with E-state index in [-0.39, 0.29) is 11.6 Å². The molecule has 9 heteroatoms. The number of carbonyl (C=O) groups excluding carboxylic acids is 1. The summed E-state index contributed by atoms with van der Waals surface area (Å²) in [6.07, 6.45) is 4.16. The molecule has 0 bridgehead atoms. The third-order valence-electron chi connectivity index (χ3n) is 7.19. The summed E-state index contributed by atoms with van der Waals surface area (Å²) >= 11 is 1.58. The van der Waals surface area contributed by atoms with Gasteiger partial charge in [-0.2, -0.15) is 0 Å². The van der Waals surface area contributed by atoms with Gasteiger partial charge in [-0.05, 0) is 51.2 Å². The molecule has 2 aliphatic heterocycles. The first-order chi connectivity index (χ1) is 15.5. The molecule has 0 amide bonds. The first kappa shape index (κ1) is 20.0. The topological polar surface area (TPSA) is 80.2 Å². The van der Waals surface area contributed by atoms with Gasteiger partial charge >= 0.3 is 0 Å². The summed E-state index contributed by atoms with van der Waals surface area (Å²) in [5.41, 5.74) is 3.31. The second-order valence-corrected chi connectivity index (χ2v) is 10.3. The third kappa shape index (κ3) is 3.17. The van der Waals surface area contributed by atoms with Crippen molar-refractivity contribution in [2.45, 2.75) is 56.8 Å². The lowest BCUT2D eigenvalue weighted by Gasteiger charge is -2.51. The lowest BCUT2D eigenvalue weighted by molar-refractivity contribution is -0.120. The summed E-state index contributed by atoms with van der Waals surface area (Å²) in [6, 6.07) is 5.56. The van der Waals surface area contributed by atoms with Crippen molar-refractivity contribution in [2.24, 2.45) is 0 Å². The Morgan fingerprint density at radius 3 is 2.97 bits per heavy atom. The van der Waals surface area contributed by atoms with Gasteiger partial charge in [0.2, 0.25) is 0 Å². The van der Waals surface area contributed by atoms with Gasteiger partial charge in [-0.15, -0.1) is 21.5 Å². The number of halogens is 1. The largest absolute Gasteiger partial charge is 0.428 e. The molecule has 4 heterocycles. The molecule has 3 aromatic rings. The molecule has 166 valence electrons. The summed E-state index contributed by atoms with van der Waals surface area (Å²) in [4.78, 5) is 17.7. The molecule has 7 nitrogen and oxygen atoms in total. The van der Waals surface area contributed by atoms with E-state index in [1.54, 1.807) is 17.4 Å². The van der Waals surface area contributed by atoms with Crippen LogP contribution in [0.3, 0.4) is 0 Å². The van der Waals surface area contributed by atoms with Gasteiger partial charge in [-0.3, -0.25) is 4.79 Å². The monoisotopic (exact) mass is 453 g/mol. The number of benzene rings is 1. The molecule has 0 unspecified atom stereocenters. The highest BCUT2D eigenvalue weighted by Gasteiger charge is 2.47. The zero-order chi connectivity index (χ0) is 21.9. The Kier molecular flexibility index (Phi) is 4.65. The van der Waals surface area contributed by atoms with E-state index in [9.17, 15) is 9.18 Å². The van der Waals surface area contributed by atoms with Crippen molar-refractivity contribution in [3.63, 3.8) is 0 Å². The molecule has 1 N–H and O–H groups in total. The Balaban J connectivity index is 1.35. The predicted molar refractivity (Wildman–Crippen MR) is 121 cm³/mol. The standard InChI is InChI=1S/C23H24FN5O2S/c1-13-26-18-9-20(31-12-30)15(8-21(18)32-13)17-7-14-3-6-29(22(14)28-27-17)19-10-23(4-2-5-23)25-11-16(19)24/h7-9,12,16,19,25H,2-6,10-11H2,1H3/t16-,19+/m1/s1. The van der Waals surface area contributed by atoms with Crippen LogP contribution in [0.5, 0.6) is 5.75 Å². The Bertz CT molecular complexity index is 1210. The average Bonchev–Trinajstić information content (AvgIpc) is 3.34. The number of nitrogens with one attached hydrogen (secondary N) is 1. The minimum absolute atomic E-state index is 0.104. The number of thiazole rings is 1. The molecule has 1 spiro atoms. The van der Waals surface area contributed by atoms with E-state index in [1.165, 1.54) is 6.42 Å². The zero-order valence-corrected chi connectivity index (χ0v) is 18.6. The van der Waals surface area contributed by atoms with Crippen LogP contribution < -0.4 is 15.0 Å². The molecule has 1 saturated carbocycles. The van der Waals surface area contributed by atoms with Crippen LogP contribution in [-0.2, 0) is 11.2 Å². The molecular weight excluding hydrogens is 429 g/mol. The fourth-order valence-electron chi connectivity index (χ4n) is 5.41. The molecule has 2 atom stereocenters. The maximum atomic E-state index is 14.9. The third-order valence-corrected chi connectivity index (χ3v) is 8.13. The number of nitrogens with zero attached hydrogens (tertiary/aromatic N) is 4. The van der Waals surface area contributed by atoms with E-state index < -0.39 is 6.17 Å². The number of anilines is 1. The van der Waals surface area contributed by atoms with E-state index >= 15 is 0 Å². The van der Waals surface area contributed by atoms with Crippen LogP contribution in [0, 0.1) is 6.92 Å². The Labute approximate surface area is 189 Å². The van der Waals surface area contributed by atoms with Crippen molar-refractivity contribution in [1.29, 1.82) is 0 Å². The van der Waals surface area contributed by atoms with Crippen LogP contribution in [0.4, 0.5) is 10.2 Å². The van der Waals surface area contributed by atoms with Crippen molar-refractivity contribution in [2.75, 3.05) is 18.0 Å². The van der Waals surface area contributed by atoms with Crippen LogP contribution in [0.2, 0.25) is 0 Å².